The molecule has 0 spiro atoms. The number of rotatable bonds is 8. The number of amides is 1. The van der Waals surface area contributed by atoms with Crippen LogP contribution >= 0.6 is 11.8 Å². The van der Waals surface area contributed by atoms with E-state index in [0.29, 0.717) is 39.8 Å². The smallest absolute Gasteiger partial charge is 0.266 e. The predicted octanol–water partition coefficient (Wildman–Crippen LogP) is 4.91. The first-order valence-corrected chi connectivity index (χ1v) is 11.7. The zero-order valence-corrected chi connectivity index (χ0v) is 20.0. The number of aromatic nitrogens is 2. The number of para-hydroxylation sites is 1. The van der Waals surface area contributed by atoms with Crippen LogP contribution in [0.25, 0.3) is 16.6 Å². The van der Waals surface area contributed by atoms with E-state index in [-0.39, 0.29) is 11.5 Å². The third kappa shape index (κ3) is 5.07. The molecule has 7 nitrogen and oxygen atoms in total. The summed E-state index contributed by atoms with van der Waals surface area (Å²) in [6.45, 7) is 4.28. The van der Waals surface area contributed by atoms with Gasteiger partial charge in [-0.15, -0.1) is 0 Å². The van der Waals surface area contributed by atoms with E-state index in [4.69, 9.17) is 14.5 Å². The zero-order valence-electron chi connectivity index (χ0n) is 19.1. The summed E-state index contributed by atoms with van der Waals surface area (Å²) in [5.41, 5.74) is 1.65. The molecule has 1 atom stereocenters. The van der Waals surface area contributed by atoms with Gasteiger partial charge in [-0.1, -0.05) is 30.0 Å². The minimum atomic E-state index is -0.517. The maximum Gasteiger partial charge on any atom is 0.266 e. The average Bonchev–Trinajstić information content (AvgIpc) is 2.85. The molecule has 1 unspecified atom stereocenters. The molecule has 0 aliphatic carbocycles. The highest BCUT2D eigenvalue weighted by molar-refractivity contribution is 8.00. The summed E-state index contributed by atoms with van der Waals surface area (Å²) in [6, 6.07) is 21.6. The molecule has 1 amide bonds. The van der Waals surface area contributed by atoms with Crippen LogP contribution in [0.3, 0.4) is 0 Å². The number of carbonyl (C=O) groups excluding carboxylic acids is 1. The Hall–Kier alpha value is -3.78. The number of carbonyl (C=O) groups is 1. The van der Waals surface area contributed by atoms with Crippen LogP contribution in [0.15, 0.2) is 82.7 Å². The lowest BCUT2D eigenvalue weighted by atomic mass is 10.2. The third-order valence-corrected chi connectivity index (χ3v) is 6.19. The van der Waals surface area contributed by atoms with E-state index in [2.05, 4.69) is 5.32 Å². The highest BCUT2D eigenvalue weighted by Crippen LogP contribution is 2.27. The second-order valence-electron chi connectivity index (χ2n) is 7.46. The van der Waals surface area contributed by atoms with Crippen LogP contribution in [0.4, 0.5) is 5.69 Å². The molecule has 0 saturated carbocycles. The molecule has 1 N–H and O–H groups in total. The van der Waals surface area contributed by atoms with Crippen molar-refractivity contribution in [2.45, 2.75) is 24.3 Å². The SMILES string of the molecule is CCOc1ccc(NC(=O)C(C)Sc2nc3ccccc3c(=O)n2-c2cccc(OC)c2)cc1. The van der Waals surface area contributed by atoms with Gasteiger partial charge in [-0.25, -0.2) is 4.98 Å². The Balaban J connectivity index is 1.66. The molecule has 1 aromatic heterocycles. The number of hydrogen-bond acceptors (Lipinski definition) is 6. The Kier molecular flexibility index (Phi) is 7.18. The Morgan fingerprint density at radius 3 is 2.56 bits per heavy atom. The summed E-state index contributed by atoms with van der Waals surface area (Å²) in [6.07, 6.45) is 0. The number of anilines is 1. The fourth-order valence-corrected chi connectivity index (χ4v) is 4.35. The summed E-state index contributed by atoms with van der Waals surface area (Å²) in [5, 5.41) is 3.32. The Labute approximate surface area is 201 Å². The van der Waals surface area contributed by atoms with Crippen molar-refractivity contribution in [1.82, 2.24) is 9.55 Å². The third-order valence-electron chi connectivity index (χ3n) is 5.14. The molecule has 1 heterocycles. The van der Waals surface area contributed by atoms with E-state index in [1.807, 2.05) is 43.3 Å². The Morgan fingerprint density at radius 2 is 1.82 bits per heavy atom. The molecule has 0 fully saturated rings. The quantitative estimate of drug-likeness (QED) is 0.288. The maximum absolute atomic E-state index is 13.4. The topological polar surface area (TPSA) is 82.5 Å². The molecule has 4 rings (SSSR count). The second-order valence-corrected chi connectivity index (χ2v) is 8.77. The van der Waals surface area contributed by atoms with E-state index < -0.39 is 5.25 Å². The molecule has 8 heteroatoms. The monoisotopic (exact) mass is 475 g/mol. The first-order chi connectivity index (χ1) is 16.5. The standard InChI is InChI=1S/C26H25N3O4S/c1-4-33-20-14-12-18(13-15-20)27-24(30)17(2)34-26-28-23-11-6-5-10-22(23)25(31)29(26)19-8-7-9-21(16-19)32-3/h5-17H,4H2,1-3H3,(H,27,30). The van der Waals surface area contributed by atoms with E-state index in [1.54, 1.807) is 50.4 Å². The molecule has 4 aromatic rings. The first-order valence-electron chi connectivity index (χ1n) is 10.9. The van der Waals surface area contributed by atoms with Gasteiger partial charge in [0.1, 0.15) is 11.5 Å². The van der Waals surface area contributed by atoms with E-state index in [9.17, 15) is 9.59 Å². The number of hydrogen-bond donors (Lipinski definition) is 1. The van der Waals surface area contributed by atoms with Crippen LogP contribution in [0.5, 0.6) is 11.5 Å². The number of methoxy groups -OCH3 is 1. The van der Waals surface area contributed by atoms with Crippen LogP contribution in [-0.4, -0.2) is 34.4 Å². The Bertz CT molecular complexity index is 1370. The van der Waals surface area contributed by atoms with Gasteiger partial charge >= 0.3 is 0 Å². The van der Waals surface area contributed by atoms with Gasteiger partial charge in [0, 0.05) is 11.8 Å². The van der Waals surface area contributed by atoms with Crippen LogP contribution in [0.1, 0.15) is 13.8 Å². The van der Waals surface area contributed by atoms with Crippen molar-refractivity contribution < 1.29 is 14.3 Å². The van der Waals surface area contributed by atoms with Crippen molar-refractivity contribution in [3.8, 4) is 17.2 Å². The number of nitrogens with zero attached hydrogens (tertiary/aromatic N) is 2. The Morgan fingerprint density at radius 1 is 1.06 bits per heavy atom. The van der Waals surface area contributed by atoms with Gasteiger partial charge < -0.3 is 14.8 Å². The highest BCUT2D eigenvalue weighted by Gasteiger charge is 2.21. The average molecular weight is 476 g/mol. The number of nitrogens with one attached hydrogen (secondary N) is 1. The molecule has 0 aliphatic rings. The van der Waals surface area contributed by atoms with Gasteiger partial charge in [-0.05, 0) is 62.4 Å². The van der Waals surface area contributed by atoms with Crippen molar-refractivity contribution in [2.24, 2.45) is 0 Å². The van der Waals surface area contributed by atoms with E-state index in [1.165, 1.54) is 16.3 Å². The van der Waals surface area contributed by atoms with Crippen LogP contribution < -0.4 is 20.3 Å². The summed E-state index contributed by atoms with van der Waals surface area (Å²) in [7, 11) is 1.57. The van der Waals surface area contributed by atoms with Crippen molar-refractivity contribution >= 4 is 34.3 Å². The minimum Gasteiger partial charge on any atom is -0.497 e. The molecular weight excluding hydrogens is 450 g/mol. The summed E-state index contributed by atoms with van der Waals surface area (Å²) >= 11 is 1.22. The van der Waals surface area contributed by atoms with E-state index in [0.717, 1.165) is 5.75 Å². The largest absolute Gasteiger partial charge is 0.497 e. The fourth-order valence-electron chi connectivity index (χ4n) is 3.43. The highest BCUT2D eigenvalue weighted by atomic mass is 32.2. The molecule has 0 aliphatic heterocycles. The molecule has 3 aromatic carbocycles. The lowest BCUT2D eigenvalue weighted by Gasteiger charge is -2.17. The van der Waals surface area contributed by atoms with Crippen LogP contribution in [0.2, 0.25) is 0 Å². The molecule has 0 bridgehead atoms. The zero-order chi connectivity index (χ0) is 24.1. The summed E-state index contributed by atoms with van der Waals surface area (Å²) in [5.74, 6) is 1.16. The molecule has 0 radical (unpaired) electrons. The van der Waals surface area contributed by atoms with Crippen molar-refractivity contribution in [3.05, 3.63) is 83.2 Å². The van der Waals surface area contributed by atoms with Crippen molar-refractivity contribution in [2.75, 3.05) is 19.0 Å². The summed E-state index contributed by atoms with van der Waals surface area (Å²) < 4.78 is 12.3. The molecular formula is C26H25N3O4S. The summed E-state index contributed by atoms with van der Waals surface area (Å²) in [4.78, 5) is 31.1. The predicted molar refractivity (Wildman–Crippen MR) is 135 cm³/mol. The minimum absolute atomic E-state index is 0.200. The lowest BCUT2D eigenvalue weighted by molar-refractivity contribution is -0.115. The number of benzene rings is 3. The van der Waals surface area contributed by atoms with Gasteiger partial charge in [0.05, 0.1) is 35.6 Å². The maximum atomic E-state index is 13.4. The van der Waals surface area contributed by atoms with Crippen LogP contribution in [0, 0.1) is 0 Å². The lowest BCUT2D eigenvalue weighted by Crippen LogP contribution is -2.26. The molecule has 174 valence electrons. The normalized spacial score (nSPS) is 11.7. The number of thioether (sulfide) groups is 1. The van der Waals surface area contributed by atoms with Gasteiger partial charge in [0.25, 0.3) is 5.56 Å². The number of fused-ring (bicyclic) bond motifs is 1. The number of ether oxygens (including phenoxy) is 2. The van der Waals surface area contributed by atoms with Gasteiger partial charge in [-0.3, -0.25) is 14.2 Å². The van der Waals surface area contributed by atoms with Crippen LogP contribution in [-0.2, 0) is 4.79 Å². The van der Waals surface area contributed by atoms with Crippen molar-refractivity contribution in [1.29, 1.82) is 0 Å². The van der Waals surface area contributed by atoms with Gasteiger partial charge in [0.15, 0.2) is 5.16 Å². The van der Waals surface area contributed by atoms with Gasteiger partial charge in [0.2, 0.25) is 5.91 Å². The van der Waals surface area contributed by atoms with E-state index >= 15 is 0 Å². The fraction of sp³-hybridized carbons (Fsp3) is 0.192. The van der Waals surface area contributed by atoms with Crippen molar-refractivity contribution in [3.63, 3.8) is 0 Å². The molecule has 0 saturated heterocycles. The first kappa shape index (κ1) is 23.4. The van der Waals surface area contributed by atoms with Gasteiger partial charge in [-0.2, -0.15) is 0 Å². The second kappa shape index (κ2) is 10.4. The molecule has 34 heavy (non-hydrogen) atoms.